The van der Waals surface area contributed by atoms with Crippen LogP contribution in [-0.4, -0.2) is 9.15 Å². The van der Waals surface area contributed by atoms with Gasteiger partial charge >= 0.3 is 0 Å². The second kappa shape index (κ2) is 2.50. The zero-order chi connectivity index (χ0) is 8.34. The lowest BCUT2D eigenvalue weighted by atomic mass is 9.56. The third-order valence-corrected chi connectivity index (χ3v) is 6.55. The molecule has 0 aromatic heterocycles. The Kier molecular flexibility index (Phi) is 1.73. The second-order valence-corrected chi connectivity index (χ2v) is 7.80. The summed E-state index contributed by atoms with van der Waals surface area (Å²) >= 11 is 7.85. The van der Waals surface area contributed by atoms with Crippen LogP contribution in [-0.2, 0) is 0 Å². The lowest BCUT2D eigenvalue weighted by molar-refractivity contribution is 0.0509. The van der Waals surface area contributed by atoms with Crippen molar-refractivity contribution >= 4 is 31.9 Å². The van der Waals surface area contributed by atoms with E-state index in [0.717, 1.165) is 22.6 Å². The first-order chi connectivity index (χ1) is 5.66. The molecule has 4 bridgehead atoms. The molecule has 0 aliphatic heterocycles. The molecule has 4 aliphatic carbocycles. The lowest BCUT2D eigenvalue weighted by Gasteiger charge is -2.56. The molecule has 0 heterocycles. The van der Waals surface area contributed by atoms with Crippen LogP contribution in [0.3, 0.4) is 0 Å². The van der Waals surface area contributed by atoms with Gasteiger partial charge in [-0.05, 0) is 49.9 Å². The Bertz CT molecular complexity index is 198. The van der Waals surface area contributed by atoms with Gasteiger partial charge in [0.25, 0.3) is 0 Å². The maximum Gasteiger partial charge on any atom is 0.0266 e. The highest BCUT2D eigenvalue weighted by atomic mass is 79.9. The number of alkyl halides is 2. The minimum absolute atomic E-state index is 0.563. The van der Waals surface area contributed by atoms with E-state index in [1.807, 2.05) is 0 Å². The second-order valence-electron chi connectivity index (χ2n) is 5.07. The van der Waals surface area contributed by atoms with Crippen LogP contribution in [0.4, 0.5) is 0 Å². The summed E-state index contributed by atoms with van der Waals surface area (Å²) in [7, 11) is 0. The molecule has 2 atom stereocenters. The van der Waals surface area contributed by atoms with Gasteiger partial charge in [-0.3, -0.25) is 0 Å². The lowest BCUT2D eigenvalue weighted by Crippen LogP contribution is -2.52. The monoisotopic (exact) mass is 292 g/mol. The van der Waals surface area contributed by atoms with Crippen LogP contribution in [0, 0.1) is 17.8 Å². The fourth-order valence-electron chi connectivity index (χ4n) is 3.86. The van der Waals surface area contributed by atoms with Gasteiger partial charge in [-0.1, -0.05) is 31.9 Å². The van der Waals surface area contributed by atoms with Gasteiger partial charge < -0.3 is 0 Å². The zero-order valence-corrected chi connectivity index (χ0v) is 10.3. The molecule has 12 heavy (non-hydrogen) atoms. The smallest absolute Gasteiger partial charge is 0.0266 e. The molecular formula is C10H14Br2. The average molecular weight is 294 g/mol. The van der Waals surface area contributed by atoms with Gasteiger partial charge in [-0.25, -0.2) is 0 Å². The summed E-state index contributed by atoms with van der Waals surface area (Å²) < 4.78 is 0.563. The van der Waals surface area contributed by atoms with E-state index < -0.39 is 0 Å². The van der Waals surface area contributed by atoms with Gasteiger partial charge in [0, 0.05) is 9.15 Å². The Hall–Kier alpha value is 0.960. The van der Waals surface area contributed by atoms with Crippen LogP contribution in [0.15, 0.2) is 0 Å². The van der Waals surface area contributed by atoms with E-state index >= 15 is 0 Å². The molecule has 0 N–H and O–H groups in total. The standard InChI is InChI=1S/C10H14Br2/c11-9-7-1-6-2-8(9)5-10(12,3-6)4-7/h6-9H,1-5H2/t6?,7-,8-,9?,10?/m1/s1. The predicted octanol–water partition coefficient (Wildman–Crippen LogP) is 3.72. The van der Waals surface area contributed by atoms with Gasteiger partial charge in [0.2, 0.25) is 0 Å². The minimum atomic E-state index is 0.563. The average Bonchev–Trinajstić information content (AvgIpc) is 1.96. The molecular weight excluding hydrogens is 280 g/mol. The molecule has 0 unspecified atom stereocenters. The molecule has 0 nitrogen and oxygen atoms in total. The van der Waals surface area contributed by atoms with Crippen molar-refractivity contribution in [2.75, 3.05) is 0 Å². The molecule has 2 heteroatoms. The van der Waals surface area contributed by atoms with Gasteiger partial charge in [0.15, 0.2) is 0 Å². The Morgan fingerprint density at radius 3 is 2.08 bits per heavy atom. The molecule has 4 aliphatic rings. The van der Waals surface area contributed by atoms with E-state index in [4.69, 9.17) is 0 Å². The van der Waals surface area contributed by atoms with Crippen molar-refractivity contribution in [3.05, 3.63) is 0 Å². The van der Waals surface area contributed by atoms with E-state index in [1.54, 1.807) is 0 Å². The molecule has 4 fully saturated rings. The topological polar surface area (TPSA) is 0 Å². The van der Waals surface area contributed by atoms with Gasteiger partial charge in [0.05, 0.1) is 0 Å². The number of rotatable bonds is 0. The fraction of sp³-hybridized carbons (Fsp3) is 1.00. The molecule has 4 rings (SSSR count). The highest BCUT2D eigenvalue weighted by molar-refractivity contribution is 9.10. The maximum absolute atomic E-state index is 3.96. The van der Waals surface area contributed by atoms with E-state index in [0.29, 0.717) is 4.32 Å². The van der Waals surface area contributed by atoms with E-state index in [1.165, 1.54) is 32.1 Å². The van der Waals surface area contributed by atoms with Crippen molar-refractivity contribution in [2.45, 2.75) is 41.3 Å². The summed E-state index contributed by atoms with van der Waals surface area (Å²) in [6, 6.07) is 0. The summed E-state index contributed by atoms with van der Waals surface area (Å²) in [6.45, 7) is 0. The Morgan fingerprint density at radius 1 is 1.00 bits per heavy atom. The number of hydrogen-bond donors (Lipinski definition) is 0. The summed E-state index contributed by atoms with van der Waals surface area (Å²) in [6.07, 6.45) is 7.31. The van der Waals surface area contributed by atoms with Gasteiger partial charge in [0.1, 0.15) is 0 Å². The summed E-state index contributed by atoms with van der Waals surface area (Å²) in [5.74, 6) is 3.02. The quantitative estimate of drug-likeness (QED) is 0.597. The predicted molar refractivity (Wildman–Crippen MR) is 57.9 cm³/mol. The first-order valence-electron chi connectivity index (χ1n) is 4.99. The molecule has 0 radical (unpaired) electrons. The van der Waals surface area contributed by atoms with Crippen molar-refractivity contribution < 1.29 is 0 Å². The largest absolute Gasteiger partial charge is 0.0885 e. The molecule has 0 aromatic rings. The molecule has 68 valence electrons. The number of hydrogen-bond acceptors (Lipinski definition) is 0. The summed E-state index contributed by atoms with van der Waals surface area (Å²) in [5, 5.41) is 0. The van der Waals surface area contributed by atoms with Crippen LogP contribution in [0.1, 0.15) is 32.1 Å². The molecule has 0 amide bonds. The Morgan fingerprint density at radius 2 is 1.58 bits per heavy atom. The van der Waals surface area contributed by atoms with E-state index in [2.05, 4.69) is 31.9 Å². The fourth-order valence-corrected chi connectivity index (χ4v) is 5.96. The minimum Gasteiger partial charge on any atom is -0.0885 e. The zero-order valence-electron chi connectivity index (χ0n) is 7.10. The van der Waals surface area contributed by atoms with Crippen molar-refractivity contribution in [3.8, 4) is 0 Å². The van der Waals surface area contributed by atoms with Crippen molar-refractivity contribution in [1.29, 1.82) is 0 Å². The van der Waals surface area contributed by atoms with Gasteiger partial charge in [-0.15, -0.1) is 0 Å². The van der Waals surface area contributed by atoms with Crippen molar-refractivity contribution in [2.24, 2.45) is 17.8 Å². The summed E-state index contributed by atoms with van der Waals surface area (Å²) in [5.41, 5.74) is 0. The maximum atomic E-state index is 3.96. The molecule has 4 saturated carbocycles. The van der Waals surface area contributed by atoms with Gasteiger partial charge in [-0.2, -0.15) is 0 Å². The molecule has 0 spiro atoms. The third kappa shape index (κ3) is 1.06. The van der Waals surface area contributed by atoms with E-state index in [9.17, 15) is 0 Å². The highest BCUT2D eigenvalue weighted by Gasteiger charge is 2.53. The van der Waals surface area contributed by atoms with Crippen molar-refractivity contribution in [3.63, 3.8) is 0 Å². The third-order valence-electron chi connectivity index (χ3n) is 4.08. The van der Waals surface area contributed by atoms with Crippen molar-refractivity contribution in [1.82, 2.24) is 0 Å². The first-order valence-corrected chi connectivity index (χ1v) is 6.70. The van der Waals surface area contributed by atoms with Crippen LogP contribution < -0.4 is 0 Å². The molecule has 0 aromatic carbocycles. The van der Waals surface area contributed by atoms with Crippen LogP contribution in [0.25, 0.3) is 0 Å². The Labute approximate surface area is 90.7 Å². The van der Waals surface area contributed by atoms with Crippen LogP contribution >= 0.6 is 31.9 Å². The van der Waals surface area contributed by atoms with Crippen LogP contribution in [0.5, 0.6) is 0 Å². The number of halogens is 2. The van der Waals surface area contributed by atoms with Crippen LogP contribution in [0.2, 0.25) is 0 Å². The summed E-state index contributed by atoms with van der Waals surface area (Å²) in [4.78, 5) is 0.847. The molecule has 0 saturated heterocycles. The highest BCUT2D eigenvalue weighted by Crippen LogP contribution is 2.60. The SMILES string of the molecule is BrC1[C@@H]2CC3C[C@@H]1CC(Br)(C3)C2. The normalized spacial score (nSPS) is 62.5. The van der Waals surface area contributed by atoms with E-state index in [-0.39, 0.29) is 0 Å². The first kappa shape index (κ1) is 8.28. The Balaban J connectivity index is 1.95.